The first-order valence-electron chi connectivity index (χ1n) is 9.51. The molecule has 1 aliphatic carbocycles. The molecule has 2 aromatic rings. The summed E-state index contributed by atoms with van der Waals surface area (Å²) < 4.78 is 11.0. The SMILES string of the molecule is CCN(Cc1cccc2c1OCO2)C(=O)Nc1nnc(C2CCCCC2)s1. The van der Waals surface area contributed by atoms with Gasteiger partial charge in [-0.3, -0.25) is 5.32 Å². The Morgan fingerprint density at radius 2 is 2.11 bits per heavy atom. The summed E-state index contributed by atoms with van der Waals surface area (Å²) in [7, 11) is 0. The highest BCUT2D eigenvalue weighted by atomic mass is 32.1. The number of carbonyl (C=O) groups excluding carboxylic acids is 1. The molecule has 0 bridgehead atoms. The first-order valence-corrected chi connectivity index (χ1v) is 10.3. The smallest absolute Gasteiger partial charge is 0.323 e. The quantitative estimate of drug-likeness (QED) is 0.823. The van der Waals surface area contributed by atoms with E-state index >= 15 is 0 Å². The van der Waals surface area contributed by atoms with E-state index in [9.17, 15) is 4.79 Å². The molecule has 7 nitrogen and oxygen atoms in total. The number of nitrogens with zero attached hydrogens (tertiary/aromatic N) is 3. The number of aromatic nitrogens is 2. The Bertz CT molecular complexity index is 804. The van der Waals surface area contributed by atoms with E-state index in [4.69, 9.17) is 9.47 Å². The molecule has 2 heterocycles. The topological polar surface area (TPSA) is 76.6 Å². The first kappa shape index (κ1) is 18.0. The third-order valence-electron chi connectivity index (χ3n) is 5.12. The number of hydrogen-bond acceptors (Lipinski definition) is 6. The molecule has 2 amide bonds. The molecular weight excluding hydrogens is 364 g/mol. The van der Waals surface area contributed by atoms with Crippen LogP contribution in [0.3, 0.4) is 0 Å². The molecule has 1 N–H and O–H groups in total. The molecule has 0 atom stereocenters. The highest BCUT2D eigenvalue weighted by Crippen LogP contribution is 2.37. The van der Waals surface area contributed by atoms with Gasteiger partial charge in [0, 0.05) is 18.0 Å². The Morgan fingerprint density at radius 1 is 1.26 bits per heavy atom. The number of carbonyl (C=O) groups is 1. The molecule has 1 aromatic carbocycles. The van der Waals surface area contributed by atoms with E-state index in [-0.39, 0.29) is 12.8 Å². The number of rotatable bonds is 5. The minimum absolute atomic E-state index is 0.180. The van der Waals surface area contributed by atoms with Gasteiger partial charge in [0.25, 0.3) is 0 Å². The predicted molar refractivity (Wildman–Crippen MR) is 103 cm³/mol. The van der Waals surface area contributed by atoms with Crippen molar-refractivity contribution >= 4 is 22.5 Å². The fourth-order valence-corrected chi connectivity index (χ4v) is 4.52. The fraction of sp³-hybridized carbons (Fsp3) is 0.526. The number of benzene rings is 1. The minimum atomic E-state index is -0.180. The first-order chi connectivity index (χ1) is 13.2. The number of hydrogen-bond donors (Lipinski definition) is 1. The number of para-hydroxylation sites is 1. The van der Waals surface area contributed by atoms with Crippen LogP contribution in [0.5, 0.6) is 11.5 Å². The van der Waals surface area contributed by atoms with Gasteiger partial charge in [0.2, 0.25) is 11.9 Å². The minimum Gasteiger partial charge on any atom is -0.454 e. The van der Waals surface area contributed by atoms with Gasteiger partial charge in [0.05, 0.1) is 6.54 Å². The zero-order valence-electron chi connectivity index (χ0n) is 15.4. The van der Waals surface area contributed by atoms with E-state index in [2.05, 4.69) is 15.5 Å². The second kappa shape index (κ2) is 8.12. The van der Waals surface area contributed by atoms with Crippen LogP contribution in [0.1, 0.15) is 55.5 Å². The molecule has 0 spiro atoms. The van der Waals surface area contributed by atoms with Gasteiger partial charge in [-0.15, -0.1) is 10.2 Å². The third kappa shape index (κ3) is 4.00. The summed E-state index contributed by atoms with van der Waals surface area (Å²) in [5.41, 5.74) is 0.933. The van der Waals surface area contributed by atoms with Crippen molar-refractivity contribution in [1.29, 1.82) is 0 Å². The van der Waals surface area contributed by atoms with Crippen LogP contribution in [0, 0.1) is 0 Å². The third-order valence-corrected chi connectivity index (χ3v) is 6.12. The number of anilines is 1. The van der Waals surface area contributed by atoms with Crippen LogP contribution in [0.4, 0.5) is 9.93 Å². The summed E-state index contributed by atoms with van der Waals surface area (Å²) in [6.07, 6.45) is 6.16. The lowest BCUT2D eigenvalue weighted by Crippen LogP contribution is -2.34. The lowest BCUT2D eigenvalue weighted by molar-refractivity contribution is 0.172. The zero-order valence-corrected chi connectivity index (χ0v) is 16.3. The number of urea groups is 1. The standard InChI is InChI=1S/C19H24N4O3S/c1-2-23(11-14-9-6-10-15-16(14)26-12-25-15)19(24)20-18-22-21-17(27-18)13-7-4-3-5-8-13/h6,9-10,13H,2-5,7-8,11-12H2,1H3,(H,20,22,24). The molecule has 1 aliphatic heterocycles. The van der Waals surface area contributed by atoms with Crippen LogP contribution in [-0.2, 0) is 6.54 Å². The van der Waals surface area contributed by atoms with Crippen molar-refractivity contribution in [3.8, 4) is 11.5 Å². The molecular formula is C19H24N4O3S. The van der Waals surface area contributed by atoms with Crippen molar-refractivity contribution < 1.29 is 14.3 Å². The maximum Gasteiger partial charge on any atom is 0.323 e. The molecule has 0 unspecified atom stereocenters. The Labute approximate surface area is 162 Å². The van der Waals surface area contributed by atoms with E-state index in [0.717, 1.165) is 22.1 Å². The van der Waals surface area contributed by atoms with Gasteiger partial charge >= 0.3 is 6.03 Å². The Morgan fingerprint density at radius 3 is 2.93 bits per heavy atom. The van der Waals surface area contributed by atoms with Gasteiger partial charge in [-0.25, -0.2) is 4.79 Å². The number of amides is 2. The van der Waals surface area contributed by atoms with Gasteiger partial charge in [0.15, 0.2) is 11.5 Å². The largest absolute Gasteiger partial charge is 0.454 e. The van der Waals surface area contributed by atoms with Crippen LogP contribution < -0.4 is 14.8 Å². The van der Waals surface area contributed by atoms with Crippen molar-refractivity contribution in [3.05, 3.63) is 28.8 Å². The van der Waals surface area contributed by atoms with Crippen LogP contribution in [0.25, 0.3) is 0 Å². The molecule has 1 aromatic heterocycles. The number of fused-ring (bicyclic) bond motifs is 1. The van der Waals surface area contributed by atoms with E-state index in [0.29, 0.717) is 24.1 Å². The Balaban J connectivity index is 1.41. The molecule has 0 radical (unpaired) electrons. The van der Waals surface area contributed by atoms with Gasteiger partial charge < -0.3 is 14.4 Å². The second-order valence-corrected chi connectivity index (χ2v) is 7.88. The maximum atomic E-state index is 12.7. The van der Waals surface area contributed by atoms with Gasteiger partial charge in [0.1, 0.15) is 5.01 Å². The molecule has 144 valence electrons. The highest BCUT2D eigenvalue weighted by Gasteiger charge is 2.23. The molecule has 2 aliphatic rings. The molecule has 27 heavy (non-hydrogen) atoms. The second-order valence-electron chi connectivity index (χ2n) is 6.88. The Hall–Kier alpha value is -2.35. The molecule has 8 heteroatoms. The summed E-state index contributed by atoms with van der Waals surface area (Å²) in [5.74, 6) is 1.94. The van der Waals surface area contributed by atoms with Crippen LogP contribution in [0.2, 0.25) is 0 Å². The van der Waals surface area contributed by atoms with Crippen molar-refractivity contribution in [3.63, 3.8) is 0 Å². The lowest BCUT2D eigenvalue weighted by atomic mass is 9.90. The summed E-state index contributed by atoms with van der Waals surface area (Å²) in [5, 5.41) is 13.0. The zero-order chi connectivity index (χ0) is 18.6. The van der Waals surface area contributed by atoms with Crippen LogP contribution >= 0.6 is 11.3 Å². The van der Waals surface area contributed by atoms with Crippen molar-refractivity contribution in [2.45, 2.75) is 51.5 Å². The monoisotopic (exact) mass is 388 g/mol. The van der Waals surface area contributed by atoms with E-state index in [1.165, 1.54) is 43.4 Å². The van der Waals surface area contributed by atoms with Crippen LogP contribution in [-0.4, -0.2) is 34.5 Å². The van der Waals surface area contributed by atoms with E-state index in [1.54, 1.807) is 4.90 Å². The van der Waals surface area contributed by atoms with Crippen molar-refractivity contribution in [1.82, 2.24) is 15.1 Å². The lowest BCUT2D eigenvalue weighted by Gasteiger charge is -2.21. The van der Waals surface area contributed by atoms with Gasteiger partial charge in [-0.2, -0.15) is 0 Å². The summed E-state index contributed by atoms with van der Waals surface area (Å²) in [6.45, 7) is 3.20. The van der Waals surface area contributed by atoms with E-state index < -0.39 is 0 Å². The number of ether oxygens (including phenoxy) is 2. The van der Waals surface area contributed by atoms with Crippen molar-refractivity contribution in [2.24, 2.45) is 0 Å². The number of nitrogens with one attached hydrogen (secondary N) is 1. The van der Waals surface area contributed by atoms with E-state index in [1.807, 2.05) is 25.1 Å². The van der Waals surface area contributed by atoms with Gasteiger partial charge in [-0.05, 0) is 25.8 Å². The van der Waals surface area contributed by atoms with Crippen LogP contribution in [0.15, 0.2) is 18.2 Å². The average molecular weight is 388 g/mol. The normalized spacial score (nSPS) is 16.3. The average Bonchev–Trinajstić information content (AvgIpc) is 3.36. The molecule has 4 rings (SSSR count). The highest BCUT2D eigenvalue weighted by molar-refractivity contribution is 7.15. The summed E-state index contributed by atoms with van der Waals surface area (Å²) in [6, 6.07) is 5.56. The molecule has 0 saturated heterocycles. The fourth-order valence-electron chi connectivity index (χ4n) is 3.62. The van der Waals surface area contributed by atoms with Crippen molar-refractivity contribution in [2.75, 3.05) is 18.7 Å². The Kier molecular flexibility index (Phi) is 5.42. The maximum absolute atomic E-state index is 12.7. The summed E-state index contributed by atoms with van der Waals surface area (Å²) in [4.78, 5) is 14.4. The predicted octanol–water partition coefficient (Wildman–Crippen LogP) is 4.37. The molecule has 1 saturated carbocycles. The van der Waals surface area contributed by atoms with Gasteiger partial charge in [-0.1, -0.05) is 42.7 Å². The molecule has 1 fully saturated rings. The summed E-state index contributed by atoms with van der Waals surface area (Å²) >= 11 is 1.50.